The van der Waals surface area contributed by atoms with Gasteiger partial charge in [-0.3, -0.25) is 0 Å². The summed E-state index contributed by atoms with van der Waals surface area (Å²) in [4.78, 5) is 2.55. The molecule has 0 saturated heterocycles. The fraction of sp³-hybridized carbons (Fsp3) is 0.0690. The van der Waals surface area contributed by atoms with Gasteiger partial charge in [-0.1, -0.05) is 178 Å². The van der Waals surface area contributed by atoms with Crippen molar-refractivity contribution in [3.05, 3.63) is 234 Å². The molecule has 3 aliphatic rings. The number of fused-ring (bicyclic) bond motifs is 16. The van der Waals surface area contributed by atoms with Crippen LogP contribution in [-0.4, -0.2) is 0 Å². The lowest BCUT2D eigenvalue weighted by Gasteiger charge is -2.32. The van der Waals surface area contributed by atoms with Gasteiger partial charge in [0.15, 0.2) is 0 Å². The zero-order chi connectivity index (χ0) is 39.7. The Kier molecular flexibility index (Phi) is 6.94. The lowest BCUT2D eigenvalue weighted by molar-refractivity contribution is 0.660. The number of benzene rings is 9. The van der Waals surface area contributed by atoms with Crippen molar-refractivity contribution in [3.8, 4) is 44.5 Å². The number of thiophene rings is 1. The minimum absolute atomic E-state index is 0.140. The van der Waals surface area contributed by atoms with E-state index in [9.17, 15) is 0 Å². The second kappa shape index (κ2) is 12.3. The van der Waals surface area contributed by atoms with E-state index in [0.29, 0.717) is 0 Å². The molecule has 1 spiro atoms. The van der Waals surface area contributed by atoms with Gasteiger partial charge in [-0.05, 0) is 109 Å². The molecule has 0 N–H and O–H groups in total. The van der Waals surface area contributed by atoms with E-state index in [0.717, 1.165) is 11.4 Å². The maximum Gasteiger partial charge on any atom is 0.0726 e. The largest absolute Gasteiger partial charge is 0.310 e. The molecule has 0 amide bonds. The summed E-state index contributed by atoms with van der Waals surface area (Å²) in [5.41, 5.74) is 21.4. The molecule has 3 aliphatic carbocycles. The summed E-state index contributed by atoms with van der Waals surface area (Å²) in [6, 6.07) is 75.4. The van der Waals surface area contributed by atoms with Gasteiger partial charge in [0.2, 0.25) is 0 Å². The number of hydrogen-bond acceptors (Lipinski definition) is 2. The molecule has 2 heteroatoms. The Bertz CT molecular complexity index is 3390. The molecule has 13 rings (SSSR count). The lowest BCUT2D eigenvalue weighted by atomic mass is 9.70. The second-order valence-corrected chi connectivity index (χ2v) is 18.2. The molecule has 0 unspecified atom stereocenters. The molecule has 0 bridgehead atoms. The zero-order valence-electron chi connectivity index (χ0n) is 33.4. The van der Waals surface area contributed by atoms with Crippen LogP contribution in [0.25, 0.3) is 64.7 Å². The molecule has 0 aliphatic heterocycles. The van der Waals surface area contributed by atoms with E-state index >= 15 is 0 Å². The zero-order valence-corrected chi connectivity index (χ0v) is 34.2. The molecule has 1 aromatic heterocycles. The van der Waals surface area contributed by atoms with Gasteiger partial charge in [-0.25, -0.2) is 0 Å². The first-order valence-corrected chi connectivity index (χ1v) is 21.8. The van der Waals surface area contributed by atoms with E-state index in [2.05, 4.69) is 219 Å². The fourth-order valence-corrected chi connectivity index (χ4v) is 12.6. The fourth-order valence-electron chi connectivity index (χ4n) is 11.4. The van der Waals surface area contributed by atoms with Crippen LogP contribution in [0.3, 0.4) is 0 Å². The van der Waals surface area contributed by atoms with Gasteiger partial charge >= 0.3 is 0 Å². The predicted molar refractivity (Wildman–Crippen MR) is 253 cm³/mol. The molecule has 0 atom stereocenters. The molecule has 0 saturated carbocycles. The van der Waals surface area contributed by atoms with Gasteiger partial charge in [-0.15, -0.1) is 11.3 Å². The highest BCUT2D eigenvalue weighted by atomic mass is 32.1. The maximum atomic E-state index is 2.55. The number of nitrogens with zero attached hydrogens (tertiary/aromatic N) is 1. The smallest absolute Gasteiger partial charge is 0.0726 e. The normalized spacial score (nSPS) is 14.4. The topological polar surface area (TPSA) is 3.24 Å². The van der Waals surface area contributed by atoms with Crippen molar-refractivity contribution in [2.75, 3.05) is 4.90 Å². The summed E-state index contributed by atoms with van der Waals surface area (Å²) in [5.74, 6) is 0. The van der Waals surface area contributed by atoms with E-state index < -0.39 is 5.41 Å². The Balaban J connectivity index is 1.09. The van der Waals surface area contributed by atoms with Crippen molar-refractivity contribution in [2.45, 2.75) is 24.7 Å². The van der Waals surface area contributed by atoms with Crippen LogP contribution in [0, 0.1) is 0 Å². The summed E-state index contributed by atoms with van der Waals surface area (Å²) in [7, 11) is 0. The molecule has 0 fully saturated rings. The summed E-state index contributed by atoms with van der Waals surface area (Å²) in [6.07, 6.45) is 0. The molecule has 10 aromatic rings. The molecule has 1 heterocycles. The predicted octanol–water partition coefficient (Wildman–Crippen LogP) is 15.8. The van der Waals surface area contributed by atoms with Crippen molar-refractivity contribution in [1.29, 1.82) is 0 Å². The van der Waals surface area contributed by atoms with Gasteiger partial charge in [0.1, 0.15) is 0 Å². The summed E-state index contributed by atoms with van der Waals surface area (Å²) >= 11 is 1.89. The highest BCUT2D eigenvalue weighted by Gasteiger charge is 2.52. The molecule has 282 valence electrons. The Hall–Kier alpha value is -7.00. The SMILES string of the molecule is CC1(C)c2ccccc2-c2ccc(N(c3cccc(-c4cccc5c4sc4ccccc45)c3)c3cccc4c3-c3ccccc3C43c4ccccc4-c4ccccc43)cc21. The Morgan fingerprint density at radius 1 is 0.383 bits per heavy atom. The molecule has 9 aromatic carbocycles. The third-order valence-electron chi connectivity index (χ3n) is 13.9. The third-order valence-corrected chi connectivity index (χ3v) is 15.1. The molecular formula is C58H39NS. The van der Waals surface area contributed by atoms with Gasteiger partial charge in [0, 0.05) is 42.5 Å². The number of rotatable bonds is 4. The molecular weight excluding hydrogens is 743 g/mol. The molecule has 0 radical (unpaired) electrons. The molecule has 60 heavy (non-hydrogen) atoms. The van der Waals surface area contributed by atoms with Gasteiger partial charge in [0.25, 0.3) is 0 Å². The summed E-state index contributed by atoms with van der Waals surface area (Å²) in [5, 5.41) is 2.64. The number of hydrogen-bond donors (Lipinski definition) is 0. The molecule has 1 nitrogen and oxygen atoms in total. The monoisotopic (exact) mass is 781 g/mol. The first kappa shape index (κ1) is 33.9. The van der Waals surface area contributed by atoms with E-state index in [4.69, 9.17) is 0 Å². The van der Waals surface area contributed by atoms with E-state index in [1.807, 2.05) is 11.3 Å². The van der Waals surface area contributed by atoms with Crippen LogP contribution >= 0.6 is 11.3 Å². The van der Waals surface area contributed by atoms with Crippen LogP contribution in [0.1, 0.15) is 47.2 Å². The first-order valence-electron chi connectivity index (χ1n) is 21.0. The van der Waals surface area contributed by atoms with Gasteiger partial charge in [-0.2, -0.15) is 0 Å². The van der Waals surface area contributed by atoms with Crippen molar-refractivity contribution < 1.29 is 0 Å². The van der Waals surface area contributed by atoms with Crippen LogP contribution in [-0.2, 0) is 10.8 Å². The quantitative estimate of drug-likeness (QED) is 0.172. The Morgan fingerprint density at radius 3 is 1.68 bits per heavy atom. The second-order valence-electron chi connectivity index (χ2n) is 17.2. The standard InChI is InChI=1S/C58H39NS/c1-57(2)47-25-8-3-18-40(47)43-33-32-38(35-52(43)57)59(37-17-13-16-36(34-37)39-23-14-24-45-44-21-7-12-31-54(44)60-56(39)45)53-30-15-29-51-55(53)46-22-6-11-28-50(46)58(51)48-26-9-4-19-41(48)42-20-5-10-27-49(42)58/h3-35H,1-2H3. The van der Waals surface area contributed by atoms with Crippen LogP contribution in [0.5, 0.6) is 0 Å². The Labute approximate surface area is 354 Å². The first-order chi connectivity index (χ1) is 29.5. The van der Waals surface area contributed by atoms with Crippen LogP contribution in [0.15, 0.2) is 200 Å². The van der Waals surface area contributed by atoms with Crippen molar-refractivity contribution >= 4 is 48.6 Å². The lowest BCUT2D eigenvalue weighted by Crippen LogP contribution is -2.26. The average molecular weight is 782 g/mol. The highest BCUT2D eigenvalue weighted by Crippen LogP contribution is 2.65. The van der Waals surface area contributed by atoms with Crippen LogP contribution < -0.4 is 4.90 Å². The third kappa shape index (κ3) is 4.36. The van der Waals surface area contributed by atoms with Gasteiger partial charge < -0.3 is 4.90 Å². The van der Waals surface area contributed by atoms with E-state index in [-0.39, 0.29) is 5.41 Å². The van der Waals surface area contributed by atoms with E-state index in [1.54, 1.807) is 0 Å². The highest BCUT2D eigenvalue weighted by molar-refractivity contribution is 7.26. The van der Waals surface area contributed by atoms with Gasteiger partial charge in [0.05, 0.1) is 11.1 Å². The van der Waals surface area contributed by atoms with Crippen molar-refractivity contribution in [2.24, 2.45) is 0 Å². The minimum Gasteiger partial charge on any atom is -0.310 e. The van der Waals surface area contributed by atoms with E-state index in [1.165, 1.54) is 104 Å². The van der Waals surface area contributed by atoms with Crippen molar-refractivity contribution in [3.63, 3.8) is 0 Å². The Morgan fingerprint density at radius 2 is 0.917 bits per heavy atom. The maximum absolute atomic E-state index is 2.55. The number of anilines is 3. The average Bonchev–Trinajstić information content (AvgIpc) is 3.99. The van der Waals surface area contributed by atoms with Crippen molar-refractivity contribution in [1.82, 2.24) is 0 Å². The summed E-state index contributed by atoms with van der Waals surface area (Å²) in [6.45, 7) is 4.76. The van der Waals surface area contributed by atoms with Crippen LogP contribution in [0.4, 0.5) is 17.1 Å². The minimum atomic E-state index is -0.430. The van der Waals surface area contributed by atoms with Crippen LogP contribution in [0.2, 0.25) is 0 Å². The summed E-state index contributed by atoms with van der Waals surface area (Å²) < 4.78 is 2.65.